The maximum atomic E-state index is 12.3. The normalized spacial score (nSPS) is 13.7. The summed E-state index contributed by atoms with van der Waals surface area (Å²) in [5.41, 5.74) is 2.74. The molecular formula is C16H23ClN2O3. The van der Waals surface area contributed by atoms with Gasteiger partial charge in [-0.1, -0.05) is 11.6 Å². The van der Waals surface area contributed by atoms with Gasteiger partial charge >= 0.3 is 0 Å². The summed E-state index contributed by atoms with van der Waals surface area (Å²) in [5, 5.41) is 6.22. The summed E-state index contributed by atoms with van der Waals surface area (Å²) in [7, 11) is 3.15. The summed E-state index contributed by atoms with van der Waals surface area (Å²) >= 11 is 0. The van der Waals surface area contributed by atoms with Crippen LogP contribution in [0.4, 0.5) is 0 Å². The topological polar surface area (TPSA) is 59.6 Å². The number of aryl methyl sites for hydroxylation is 1. The van der Waals surface area contributed by atoms with Crippen molar-refractivity contribution in [3.8, 4) is 11.5 Å². The van der Waals surface area contributed by atoms with Crippen molar-refractivity contribution in [1.29, 1.82) is 0 Å². The second kappa shape index (κ2) is 8.66. The highest BCUT2D eigenvalue weighted by Crippen LogP contribution is 2.30. The lowest BCUT2D eigenvalue weighted by Gasteiger charge is -2.16. The van der Waals surface area contributed by atoms with E-state index in [1.165, 1.54) is 5.57 Å². The molecule has 0 radical (unpaired) electrons. The van der Waals surface area contributed by atoms with Gasteiger partial charge in [0.15, 0.2) is 11.5 Å². The lowest BCUT2D eigenvalue weighted by molar-refractivity contribution is 0.0955. The van der Waals surface area contributed by atoms with Gasteiger partial charge in [-0.05, 0) is 37.6 Å². The molecule has 0 saturated carbocycles. The van der Waals surface area contributed by atoms with E-state index in [2.05, 4.69) is 16.7 Å². The van der Waals surface area contributed by atoms with Crippen molar-refractivity contribution >= 4 is 18.3 Å². The number of methoxy groups -OCH3 is 2. The highest BCUT2D eigenvalue weighted by atomic mass is 35.5. The number of carbonyl (C=O) groups is 1. The summed E-state index contributed by atoms with van der Waals surface area (Å²) in [5.74, 6) is 1.11. The third-order valence-corrected chi connectivity index (χ3v) is 3.61. The third kappa shape index (κ3) is 4.39. The first kappa shape index (κ1) is 18.3. The molecule has 1 aromatic rings. The van der Waals surface area contributed by atoms with Gasteiger partial charge in [0.05, 0.1) is 14.2 Å². The molecule has 0 aliphatic carbocycles. The minimum atomic E-state index is -0.0899. The van der Waals surface area contributed by atoms with E-state index in [0.717, 1.165) is 25.1 Å². The Morgan fingerprint density at radius 2 is 1.95 bits per heavy atom. The first-order valence-electron chi connectivity index (χ1n) is 7.05. The molecule has 2 rings (SSSR count). The van der Waals surface area contributed by atoms with Crippen molar-refractivity contribution in [2.75, 3.05) is 33.9 Å². The SMILES string of the molecule is COc1cc(C)c(C(=O)NCC2=CCNCC2)cc1OC.Cl. The Hall–Kier alpha value is -1.72. The molecule has 0 atom stereocenters. The molecule has 6 heteroatoms. The van der Waals surface area contributed by atoms with Crippen LogP contribution in [0.25, 0.3) is 0 Å². The van der Waals surface area contributed by atoms with Gasteiger partial charge in [-0.2, -0.15) is 0 Å². The van der Waals surface area contributed by atoms with E-state index in [1.807, 2.05) is 13.0 Å². The number of hydrogen-bond acceptors (Lipinski definition) is 4. The molecule has 122 valence electrons. The van der Waals surface area contributed by atoms with Gasteiger partial charge in [0.25, 0.3) is 5.91 Å². The number of nitrogens with one attached hydrogen (secondary N) is 2. The molecule has 1 amide bonds. The van der Waals surface area contributed by atoms with Crippen LogP contribution in [0.1, 0.15) is 22.3 Å². The van der Waals surface area contributed by atoms with Crippen LogP contribution < -0.4 is 20.1 Å². The zero-order valence-corrected chi connectivity index (χ0v) is 14.0. The number of amides is 1. The van der Waals surface area contributed by atoms with Crippen LogP contribution in [-0.2, 0) is 0 Å². The quantitative estimate of drug-likeness (QED) is 0.813. The summed E-state index contributed by atoms with van der Waals surface area (Å²) in [6.07, 6.45) is 3.11. The summed E-state index contributed by atoms with van der Waals surface area (Å²) in [6, 6.07) is 3.54. The van der Waals surface area contributed by atoms with Crippen LogP contribution in [0.3, 0.4) is 0 Å². The number of rotatable bonds is 5. The predicted octanol–water partition coefficient (Wildman–Crippen LogP) is 2.08. The standard InChI is InChI=1S/C16H22N2O3.ClH/c1-11-8-14(20-2)15(21-3)9-13(11)16(19)18-10-12-4-6-17-7-5-12;/h4,8-9,17H,5-7,10H2,1-3H3,(H,18,19);1H. The van der Waals surface area contributed by atoms with E-state index >= 15 is 0 Å². The fourth-order valence-corrected chi connectivity index (χ4v) is 2.34. The van der Waals surface area contributed by atoms with Gasteiger partial charge in [-0.15, -0.1) is 12.4 Å². The largest absolute Gasteiger partial charge is 0.493 e. The minimum Gasteiger partial charge on any atom is -0.493 e. The second-order valence-corrected chi connectivity index (χ2v) is 5.02. The van der Waals surface area contributed by atoms with Gasteiger partial charge < -0.3 is 20.1 Å². The Morgan fingerprint density at radius 1 is 1.27 bits per heavy atom. The van der Waals surface area contributed by atoms with Crippen molar-refractivity contribution in [1.82, 2.24) is 10.6 Å². The zero-order valence-electron chi connectivity index (χ0n) is 13.2. The van der Waals surface area contributed by atoms with Crippen LogP contribution in [-0.4, -0.2) is 39.8 Å². The Labute approximate surface area is 137 Å². The molecule has 22 heavy (non-hydrogen) atoms. The second-order valence-electron chi connectivity index (χ2n) is 5.02. The molecule has 0 aromatic heterocycles. The first-order chi connectivity index (χ1) is 10.2. The van der Waals surface area contributed by atoms with E-state index < -0.39 is 0 Å². The van der Waals surface area contributed by atoms with Crippen LogP contribution in [0.15, 0.2) is 23.8 Å². The first-order valence-corrected chi connectivity index (χ1v) is 7.05. The number of hydrogen-bond donors (Lipinski definition) is 2. The van der Waals surface area contributed by atoms with Crippen LogP contribution >= 0.6 is 12.4 Å². The van der Waals surface area contributed by atoms with Crippen molar-refractivity contribution in [2.24, 2.45) is 0 Å². The molecule has 1 aliphatic heterocycles. The molecule has 1 aromatic carbocycles. The fraction of sp³-hybridized carbons (Fsp3) is 0.438. The molecule has 5 nitrogen and oxygen atoms in total. The fourth-order valence-electron chi connectivity index (χ4n) is 2.34. The molecular weight excluding hydrogens is 304 g/mol. The number of halogens is 1. The smallest absolute Gasteiger partial charge is 0.251 e. The highest BCUT2D eigenvalue weighted by molar-refractivity contribution is 5.96. The molecule has 2 N–H and O–H groups in total. The predicted molar refractivity (Wildman–Crippen MR) is 89.4 cm³/mol. The molecule has 0 saturated heterocycles. The lowest BCUT2D eigenvalue weighted by atomic mass is 10.1. The summed E-state index contributed by atoms with van der Waals surface area (Å²) in [6.45, 7) is 4.33. The van der Waals surface area contributed by atoms with Gasteiger partial charge in [0.2, 0.25) is 0 Å². The van der Waals surface area contributed by atoms with E-state index in [0.29, 0.717) is 23.6 Å². The van der Waals surface area contributed by atoms with E-state index in [9.17, 15) is 4.79 Å². The monoisotopic (exact) mass is 326 g/mol. The van der Waals surface area contributed by atoms with Crippen LogP contribution in [0.5, 0.6) is 11.5 Å². The Morgan fingerprint density at radius 3 is 2.55 bits per heavy atom. The van der Waals surface area contributed by atoms with Crippen molar-refractivity contribution < 1.29 is 14.3 Å². The summed E-state index contributed by atoms with van der Waals surface area (Å²) in [4.78, 5) is 12.3. The third-order valence-electron chi connectivity index (χ3n) is 3.61. The maximum absolute atomic E-state index is 12.3. The average molecular weight is 327 g/mol. The molecule has 0 unspecified atom stereocenters. The number of ether oxygens (including phenoxy) is 2. The maximum Gasteiger partial charge on any atom is 0.251 e. The minimum absolute atomic E-state index is 0. The molecule has 0 bridgehead atoms. The lowest BCUT2D eigenvalue weighted by Crippen LogP contribution is -2.30. The average Bonchev–Trinajstić information content (AvgIpc) is 2.53. The van der Waals surface area contributed by atoms with Gasteiger partial charge in [-0.3, -0.25) is 4.79 Å². The van der Waals surface area contributed by atoms with Crippen molar-refractivity contribution in [2.45, 2.75) is 13.3 Å². The Balaban J connectivity index is 0.00000242. The Bertz CT molecular complexity index is 559. The van der Waals surface area contributed by atoms with Crippen LogP contribution in [0, 0.1) is 6.92 Å². The van der Waals surface area contributed by atoms with Crippen molar-refractivity contribution in [3.63, 3.8) is 0 Å². The van der Waals surface area contributed by atoms with Crippen LogP contribution in [0.2, 0.25) is 0 Å². The zero-order chi connectivity index (χ0) is 15.2. The van der Waals surface area contributed by atoms with E-state index in [1.54, 1.807) is 20.3 Å². The highest BCUT2D eigenvalue weighted by Gasteiger charge is 2.15. The van der Waals surface area contributed by atoms with Gasteiger partial charge in [0.1, 0.15) is 0 Å². The molecule has 1 heterocycles. The van der Waals surface area contributed by atoms with Gasteiger partial charge in [-0.25, -0.2) is 0 Å². The number of benzene rings is 1. The molecule has 1 aliphatic rings. The summed E-state index contributed by atoms with van der Waals surface area (Å²) < 4.78 is 10.5. The molecule has 0 spiro atoms. The van der Waals surface area contributed by atoms with Crippen molar-refractivity contribution in [3.05, 3.63) is 34.9 Å². The Kier molecular flexibility index (Phi) is 7.21. The molecule has 0 fully saturated rings. The van der Waals surface area contributed by atoms with Gasteiger partial charge in [0, 0.05) is 18.7 Å². The van der Waals surface area contributed by atoms with E-state index in [-0.39, 0.29) is 18.3 Å². The van der Waals surface area contributed by atoms with E-state index in [4.69, 9.17) is 9.47 Å². The number of carbonyl (C=O) groups excluding carboxylic acids is 1.